The summed E-state index contributed by atoms with van der Waals surface area (Å²) in [5, 5.41) is 3.77. The molecule has 94 valence electrons. The van der Waals surface area contributed by atoms with Gasteiger partial charge in [-0.2, -0.15) is 0 Å². The quantitative estimate of drug-likeness (QED) is 0.835. The van der Waals surface area contributed by atoms with Gasteiger partial charge >= 0.3 is 0 Å². The smallest absolute Gasteiger partial charge is 0.0210 e. The van der Waals surface area contributed by atoms with E-state index < -0.39 is 0 Å². The fourth-order valence-electron chi connectivity index (χ4n) is 2.97. The van der Waals surface area contributed by atoms with Crippen LogP contribution in [0.4, 0.5) is 0 Å². The molecule has 2 atom stereocenters. The summed E-state index contributed by atoms with van der Waals surface area (Å²) in [4.78, 5) is 0. The van der Waals surface area contributed by atoms with Crippen molar-refractivity contribution in [2.75, 3.05) is 0 Å². The van der Waals surface area contributed by atoms with Crippen LogP contribution in [0.2, 0.25) is 0 Å². The van der Waals surface area contributed by atoms with E-state index in [1.807, 2.05) is 0 Å². The first-order valence-corrected chi connectivity index (χ1v) is 7.00. The minimum Gasteiger partial charge on any atom is -0.310 e. The highest BCUT2D eigenvalue weighted by atomic mass is 14.9. The zero-order chi connectivity index (χ0) is 12.3. The zero-order valence-corrected chi connectivity index (χ0v) is 11.4. The molecule has 0 fully saturated rings. The average Bonchev–Trinajstić information content (AvgIpc) is 2.48. The van der Waals surface area contributed by atoms with Gasteiger partial charge in [-0.1, -0.05) is 51.5 Å². The van der Waals surface area contributed by atoms with Crippen LogP contribution in [0.3, 0.4) is 0 Å². The zero-order valence-electron chi connectivity index (χ0n) is 11.4. The van der Waals surface area contributed by atoms with Gasteiger partial charge in [-0.25, -0.2) is 0 Å². The number of hydrogen-bond donors (Lipinski definition) is 1. The van der Waals surface area contributed by atoms with Gasteiger partial charge in [-0.05, 0) is 35.8 Å². The van der Waals surface area contributed by atoms with Gasteiger partial charge in [0.2, 0.25) is 0 Å². The van der Waals surface area contributed by atoms with Crippen LogP contribution in [0.25, 0.3) is 0 Å². The maximum Gasteiger partial charge on any atom is 0.0210 e. The molecular formula is C16H25N. The molecule has 1 nitrogen and oxygen atoms in total. The van der Waals surface area contributed by atoms with Crippen LogP contribution in [-0.2, 0) is 13.0 Å². The lowest BCUT2D eigenvalue weighted by Crippen LogP contribution is -2.35. The van der Waals surface area contributed by atoms with Crippen LogP contribution in [0.1, 0.15) is 44.7 Å². The standard InChI is InChI=1S/C16H25N/c1-4-13-10-14-7-5-6-8-15(14)11-17-16(13)9-12(2)3/h5-8,12-13,16-17H,4,9-11H2,1-3H3. The van der Waals surface area contributed by atoms with Crippen molar-refractivity contribution in [1.82, 2.24) is 5.32 Å². The van der Waals surface area contributed by atoms with E-state index in [0.29, 0.717) is 6.04 Å². The van der Waals surface area contributed by atoms with E-state index in [4.69, 9.17) is 0 Å². The first-order chi connectivity index (χ1) is 8.20. The molecule has 0 aromatic heterocycles. The Labute approximate surface area is 106 Å². The lowest BCUT2D eigenvalue weighted by Gasteiger charge is -2.26. The second-order valence-corrected chi connectivity index (χ2v) is 5.76. The molecule has 2 rings (SSSR count). The van der Waals surface area contributed by atoms with Crippen molar-refractivity contribution < 1.29 is 0 Å². The van der Waals surface area contributed by atoms with E-state index in [1.54, 1.807) is 5.56 Å². The maximum atomic E-state index is 3.77. The monoisotopic (exact) mass is 231 g/mol. The second kappa shape index (κ2) is 5.68. The molecule has 2 unspecified atom stereocenters. The fraction of sp³-hybridized carbons (Fsp3) is 0.625. The third kappa shape index (κ3) is 3.10. The van der Waals surface area contributed by atoms with Crippen molar-refractivity contribution >= 4 is 0 Å². The first kappa shape index (κ1) is 12.6. The van der Waals surface area contributed by atoms with Crippen LogP contribution < -0.4 is 5.32 Å². The van der Waals surface area contributed by atoms with Crippen molar-refractivity contribution in [3.8, 4) is 0 Å². The third-order valence-electron chi connectivity index (χ3n) is 3.97. The molecule has 1 heterocycles. The van der Waals surface area contributed by atoms with Crippen molar-refractivity contribution in [3.05, 3.63) is 35.4 Å². The molecule has 17 heavy (non-hydrogen) atoms. The van der Waals surface area contributed by atoms with Crippen molar-refractivity contribution in [3.63, 3.8) is 0 Å². The molecule has 0 bridgehead atoms. The van der Waals surface area contributed by atoms with Gasteiger partial charge in [0.1, 0.15) is 0 Å². The number of hydrogen-bond acceptors (Lipinski definition) is 1. The fourth-order valence-corrected chi connectivity index (χ4v) is 2.97. The van der Waals surface area contributed by atoms with Crippen LogP contribution in [0.15, 0.2) is 24.3 Å². The number of nitrogens with one attached hydrogen (secondary N) is 1. The van der Waals surface area contributed by atoms with Gasteiger partial charge < -0.3 is 5.32 Å². The maximum absolute atomic E-state index is 3.77. The topological polar surface area (TPSA) is 12.0 Å². The summed E-state index contributed by atoms with van der Waals surface area (Å²) < 4.78 is 0. The molecule has 0 saturated heterocycles. The highest BCUT2D eigenvalue weighted by Crippen LogP contribution is 2.26. The van der Waals surface area contributed by atoms with E-state index in [-0.39, 0.29) is 0 Å². The van der Waals surface area contributed by atoms with Crippen molar-refractivity contribution in [1.29, 1.82) is 0 Å². The summed E-state index contributed by atoms with van der Waals surface area (Å²) in [6.07, 6.45) is 3.82. The Kier molecular flexibility index (Phi) is 4.22. The summed E-state index contributed by atoms with van der Waals surface area (Å²) in [5.41, 5.74) is 3.05. The Balaban J connectivity index is 2.16. The molecule has 1 heteroatoms. The van der Waals surface area contributed by atoms with Gasteiger partial charge in [-0.15, -0.1) is 0 Å². The van der Waals surface area contributed by atoms with E-state index in [1.165, 1.54) is 24.8 Å². The Hall–Kier alpha value is -0.820. The number of benzene rings is 1. The Morgan fingerprint density at radius 2 is 1.94 bits per heavy atom. The lowest BCUT2D eigenvalue weighted by molar-refractivity contribution is 0.303. The summed E-state index contributed by atoms with van der Waals surface area (Å²) in [6.45, 7) is 8.02. The molecule has 0 amide bonds. The van der Waals surface area contributed by atoms with E-state index in [9.17, 15) is 0 Å². The minimum atomic E-state index is 0.687. The van der Waals surface area contributed by atoms with Crippen LogP contribution in [-0.4, -0.2) is 6.04 Å². The molecule has 1 N–H and O–H groups in total. The van der Waals surface area contributed by atoms with Gasteiger partial charge in [0, 0.05) is 12.6 Å². The lowest BCUT2D eigenvalue weighted by atomic mass is 9.86. The summed E-state index contributed by atoms with van der Waals surface area (Å²) in [7, 11) is 0. The number of rotatable bonds is 3. The van der Waals surface area contributed by atoms with E-state index >= 15 is 0 Å². The Morgan fingerprint density at radius 3 is 2.59 bits per heavy atom. The molecule has 1 aromatic rings. The van der Waals surface area contributed by atoms with E-state index in [2.05, 4.69) is 50.4 Å². The van der Waals surface area contributed by atoms with Crippen LogP contribution >= 0.6 is 0 Å². The molecule has 0 saturated carbocycles. The van der Waals surface area contributed by atoms with Crippen LogP contribution in [0.5, 0.6) is 0 Å². The Morgan fingerprint density at radius 1 is 1.24 bits per heavy atom. The normalized spacial score (nSPS) is 24.5. The number of fused-ring (bicyclic) bond motifs is 1. The van der Waals surface area contributed by atoms with Crippen LogP contribution in [0, 0.1) is 11.8 Å². The predicted octanol–water partition coefficient (Wildman–Crippen LogP) is 3.77. The summed E-state index contributed by atoms with van der Waals surface area (Å²) in [6, 6.07) is 9.59. The summed E-state index contributed by atoms with van der Waals surface area (Å²) in [5.74, 6) is 1.57. The van der Waals surface area contributed by atoms with Gasteiger partial charge in [0.15, 0.2) is 0 Å². The molecular weight excluding hydrogens is 206 g/mol. The van der Waals surface area contributed by atoms with Crippen molar-refractivity contribution in [2.24, 2.45) is 11.8 Å². The summed E-state index contributed by atoms with van der Waals surface area (Å²) >= 11 is 0. The van der Waals surface area contributed by atoms with Gasteiger partial charge in [0.25, 0.3) is 0 Å². The molecule has 0 radical (unpaired) electrons. The highest BCUT2D eigenvalue weighted by molar-refractivity contribution is 5.28. The van der Waals surface area contributed by atoms with E-state index in [0.717, 1.165) is 18.4 Å². The van der Waals surface area contributed by atoms with Gasteiger partial charge in [-0.3, -0.25) is 0 Å². The molecule has 1 aliphatic rings. The molecule has 1 aromatic carbocycles. The third-order valence-corrected chi connectivity index (χ3v) is 3.97. The molecule has 0 spiro atoms. The van der Waals surface area contributed by atoms with Gasteiger partial charge in [0.05, 0.1) is 0 Å². The molecule has 0 aliphatic carbocycles. The highest BCUT2D eigenvalue weighted by Gasteiger charge is 2.24. The average molecular weight is 231 g/mol. The second-order valence-electron chi connectivity index (χ2n) is 5.76. The van der Waals surface area contributed by atoms with Crippen molar-refractivity contribution in [2.45, 2.75) is 52.6 Å². The predicted molar refractivity (Wildman–Crippen MR) is 74.0 cm³/mol. The largest absolute Gasteiger partial charge is 0.310 e. The SMILES string of the molecule is CCC1Cc2ccccc2CNC1CC(C)C. The Bertz CT molecular complexity index is 356. The minimum absolute atomic E-state index is 0.687. The first-order valence-electron chi connectivity index (χ1n) is 7.00. The molecule has 1 aliphatic heterocycles.